The van der Waals surface area contributed by atoms with Crippen LogP contribution in [0, 0.1) is 5.92 Å². The second-order valence-corrected chi connectivity index (χ2v) is 7.96. The van der Waals surface area contributed by atoms with Crippen LogP contribution in [-0.4, -0.2) is 53.7 Å². The summed E-state index contributed by atoms with van der Waals surface area (Å²) in [6, 6.07) is 0.693. The Hall–Kier alpha value is -1.30. The van der Waals surface area contributed by atoms with Gasteiger partial charge in [0.2, 0.25) is 5.91 Å². The van der Waals surface area contributed by atoms with Gasteiger partial charge in [-0.2, -0.15) is 0 Å². The molecule has 134 valence electrons. The lowest BCUT2D eigenvalue weighted by molar-refractivity contribution is -0.125. The second-order valence-electron chi connectivity index (χ2n) is 7.96. The van der Waals surface area contributed by atoms with Gasteiger partial charge in [0, 0.05) is 25.1 Å². The van der Waals surface area contributed by atoms with Crippen LogP contribution < -0.4 is 10.6 Å². The molecular formula is C18H29N3O3. The van der Waals surface area contributed by atoms with E-state index in [0.717, 1.165) is 32.3 Å². The number of carbonyl (C=O) groups excluding carboxylic acids is 2. The zero-order valence-corrected chi connectivity index (χ0v) is 14.5. The van der Waals surface area contributed by atoms with Gasteiger partial charge in [0.25, 0.3) is 0 Å². The molecule has 2 saturated heterocycles. The van der Waals surface area contributed by atoms with E-state index in [-0.39, 0.29) is 30.1 Å². The number of carbonyl (C=O) groups is 2. The van der Waals surface area contributed by atoms with Crippen LogP contribution in [-0.2, 0) is 9.53 Å². The average Bonchev–Trinajstić information content (AvgIpc) is 3.49. The summed E-state index contributed by atoms with van der Waals surface area (Å²) < 4.78 is 5.79. The minimum atomic E-state index is -0.0880. The highest BCUT2D eigenvalue weighted by Crippen LogP contribution is 2.39. The summed E-state index contributed by atoms with van der Waals surface area (Å²) in [4.78, 5) is 26.9. The lowest BCUT2D eigenvalue weighted by Crippen LogP contribution is -2.62. The summed E-state index contributed by atoms with van der Waals surface area (Å²) in [5.74, 6) is 0.753. The molecule has 0 aromatic carbocycles. The van der Waals surface area contributed by atoms with Crippen LogP contribution in [0.4, 0.5) is 4.79 Å². The van der Waals surface area contributed by atoms with E-state index in [1.54, 1.807) is 0 Å². The third-order valence-electron chi connectivity index (χ3n) is 6.04. The average molecular weight is 335 g/mol. The Balaban J connectivity index is 1.43. The summed E-state index contributed by atoms with van der Waals surface area (Å²) in [6.07, 6.45) is 7.96. The van der Waals surface area contributed by atoms with Crippen LogP contribution in [0.15, 0.2) is 0 Å². The molecule has 0 radical (unpaired) electrons. The quantitative estimate of drug-likeness (QED) is 0.805. The van der Waals surface area contributed by atoms with Gasteiger partial charge in [-0.15, -0.1) is 0 Å². The Labute approximate surface area is 143 Å². The van der Waals surface area contributed by atoms with Crippen molar-refractivity contribution in [1.82, 2.24) is 15.5 Å². The van der Waals surface area contributed by atoms with Gasteiger partial charge in [-0.05, 0) is 57.8 Å². The molecule has 4 unspecified atom stereocenters. The summed E-state index contributed by atoms with van der Waals surface area (Å²) >= 11 is 0. The minimum absolute atomic E-state index is 0.0223. The first-order valence-corrected chi connectivity index (χ1v) is 9.63. The molecule has 2 heterocycles. The van der Waals surface area contributed by atoms with Gasteiger partial charge in [0.05, 0.1) is 18.2 Å². The predicted molar refractivity (Wildman–Crippen MR) is 89.5 cm³/mol. The molecule has 2 saturated carbocycles. The molecule has 6 heteroatoms. The number of hydrogen-bond acceptors (Lipinski definition) is 3. The van der Waals surface area contributed by atoms with E-state index in [2.05, 4.69) is 22.5 Å². The highest BCUT2D eigenvalue weighted by molar-refractivity contribution is 5.79. The van der Waals surface area contributed by atoms with E-state index in [0.29, 0.717) is 30.8 Å². The normalized spacial score (nSPS) is 34.5. The number of rotatable bonds is 5. The van der Waals surface area contributed by atoms with Crippen molar-refractivity contribution in [3.8, 4) is 0 Å². The molecule has 4 aliphatic rings. The summed E-state index contributed by atoms with van der Waals surface area (Å²) in [5.41, 5.74) is 0. The van der Waals surface area contributed by atoms with E-state index in [9.17, 15) is 9.59 Å². The van der Waals surface area contributed by atoms with Crippen LogP contribution in [0.25, 0.3) is 0 Å². The molecule has 2 aliphatic carbocycles. The van der Waals surface area contributed by atoms with Crippen molar-refractivity contribution in [2.24, 2.45) is 5.92 Å². The first-order chi connectivity index (χ1) is 11.6. The number of hydrogen-bond donors (Lipinski definition) is 2. The van der Waals surface area contributed by atoms with Crippen LogP contribution in [0.3, 0.4) is 0 Å². The van der Waals surface area contributed by atoms with Crippen molar-refractivity contribution < 1.29 is 14.3 Å². The molecule has 4 rings (SSSR count). The van der Waals surface area contributed by atoms with E-state index in [1.807, 2.05) is 0 Å². The largest absolute Gasteiger partial charge is 0.376 e. The Morgan fingerprint density at radius 1 is 1.25 bits per heavy atom. The van der Waals surface area contributed by atoms with Crippen molar-refractivity contribution in [3.05, 3.63) is 0 Å². The zero-order valence-electron chi connectivity index (χ0n) is 14.5. The standard InChI is InChI=1S/C18H29N3O3/c1-11(12-4-5-12)21(13-6-7-13)18(23)19-14-8-9-16(22)20-17(14)15-3-2-10-24-15/h11-15,17H,2-10H2,1H3,(H,19,23)(H,20,22). The van der Waals surface area contributed by atoms with Crippen LogP contribution in [0.2, 0.25) is 0 Å². The predicted octanol–water partition coefficient (Wildman–Crippen LogP) is 1.79. The summed E-state index contributed by atoms with van der Waals surface area (Å²) in [6.45, 7) is 2.94. The molecule has 6 nitrogen and oxygen atoms in total. The van der Waals surface area contributed by atoms with Crippen LogP contribution in [0.1, 0.15) is 58.3 Å². The molecule has 0 bridgehead atoms. The monoisotopic (exact) mass is 335 g/mol. The Morgan fingerprint density at radius 2 is 2.04 bits per heavy atom. The molecule has 0 aromatic rings. The molecule has 4 fully saturated rings. The van der Waals surface area contributed by atoms with Gasteiger partial charge >= 0.3 is 6.03 Å². The minimum Gasteiger partial charge on any atom is -0.376 e. The number of nitrogens with one attached hydrogen (secondary N) is 2. The highest BCUT2D eigenvalue weighted by Gasteiger charge is 2.44. The lowest BCUT2D eigenvalue weighted by Gasteiger charge is -2.38. The van der Waals surface area contributed by atoms with Gasteiger partial charge in [0.15, 0.2) is 0 Å². The SMILES string of the molecule is CC(C1CC1)N(C(=O)NC1CCC(=O)NC1C1CCCO1)C1CC1. The molecule has 0 aromatic heterocycles. The van der Waals surface area contributed by atoms with Crippen LogP contribution in [0.5, 0.6) is 0 Å². The van der Waals surface area contributed by atoms with Gasteiger partial charge in [-0.1, -0.05) is 0 Å². The first kappa shape index (κ1) is 16.2. The van der Waals surface area contributed by atoms with Gasteiger partial charge < -0.3 is 20.3 Å². The maximum atomic E-state index is 13.0. The highest BCUT2D eigenvalue weighted by atomic mass is 16.5. The molecule has 24 heavy (non-hydrogen) atoms. The number of piperidine rings is 1. The lowest BCUT2D eigenvalue weighted by atomic mass is 9.92. The van der Waals surface area contributed by atoms with Gasteiger partial charge in [-0.3, -0.25) is 4.79 Å². The molecule has 2 aliphatic heterocycles. The molecular weight excluding hydrogens is 306 g/mol. The maximum Gasteiger partial charge on any atom is 0.318 e. The fraction of sp³-hybridized carbons (Fsp3) is 0.889. The van der Waals surface area contributed by atoms with Crippen molar-refractivity contribution in [2.45, 2.75) is 88.6 Å². The molecule has 0 spiro atoms. The van der Waals surface area contributed by atoms with Crippen molar-refractivity contribution in [2.75, 3.05) is 6.61 Å². The Bertz CT molecular complexity index is 498. The third-order valence-corrected chi connectivity index (χ3v) is 6.04. The fourth-order valence-electron chi connectivity index (χ4n) is 4.30. The van der Waals surface area contributed by atoms with Crippen molar-refractivity contribution in [3.63, 3.8) is 0 Å². The number of ether oxygens (including phenoxy) is 1. The maximum absolute atomic E-state index is 13.0. The fourth-order valence-corrected chi connectivity index (χ4v) is 4.30. The van der Waals surface area contributed by atoms with Crippen LogP contribution >= 0.6 is 0 Å². The van der Waals surface area contributed by atoms with E-state index >= 15 is 0 Å². The Kier molecular flexibility index (Phi) is 4.41. The molecule has 4 atom stereocenters. The summed E-state index contributed by atoms with van der Waals surface area (Å²) in [5, 5.41) is 6.31. The van der Waals surface area contributed by atoms with E-state index in [1.165, 1.54) is 12.8 Å². The van der Waals surface area contributed by atoms with Gasteiger partial charge in [0.1, 0.15) is 0 Å². The number of amides is 3. The van der Waals surface area contributed by atoms with Crippen molar-refractivity contribution in [1.29, 1.82) is 0 Å². The van der Waals surface area contributed by atoms with E-state index < -0.39 is 0 Å². The zero-order chi connectivity index (χ0) is 16.7. The van der Waals surface area contributed by atoms with E-state index in [4.69, 9.17) is 4.74 Å². The third kappa shape index (κ3) is 3.39. The number of urea groups is 1. The van der Waals surface area contributed by atoms with Gasteiger partial charge in [-0.25, -0.2) is 4.79 Å². The second kappa shape index (κ2) is 6.54. The number of nitrogens with zero attached hydrogens (tertiary/aromatic N) is 1. The molecule has 2 N–H and O–H groups in total. The summed E-state index contributed by atoms with van der Waals surface area (Å²) in [7, 11) is 0. The smallest absolute Gasteiger partial charge is 0.318 e. The topological polar surface area (TPSA) is 70.7 Å². The Morgan fingerprint density at radius 3 is 2.67 bits per heavy atom. The van der Waals surface area contributed by atoms with Crippen molar-refractivity contribution >= 4 is 11.9 Å². The first-order valence-electron chi connectivity index (χ1n) is 9.63. The molecule has 3 amide bonds.